The smallest absolute Gasteiger partial charge is 0.252 e. The van der Waals surface area contributed by atoms with Crippen LogP contribution in [0.5, 0.6) is 0 Å². The molecule has 138 valence electrons. The van der Waals surface area contributed by atoms with Crippen LogP contribution in [0.15, 0.2) is 30.5 Å². The van der Waals surface area contributed by atoms with Gasteiger partial charge in [-0.25, -0.2) is 0 Å². The van der Waals surface area contributed by atoms with Crippen LogP contribution in [-0.2, 0) is 4.79 Å². The zero-order valence-corrected chi connectivity index (χ0v) is 15.3. The molecular formula is C20H26N4O2. The van der Waals surface area contributed by atoms with Gasteiger partial charge in [-0.05, 0) is 38.1 Å². The summed E-state index contributed by atoms with van der Waals surface area (Å²) in [6, 6.07) is 7.19. The van der Waals surface area contributed by atoms with E-state index in [1.165, 1.54) is 32.6 Å². The summed E-state index contributed by atoms with van der Waals surface area (Å²) in [6.45, 7) is 5.21. The van der Waals surface area contributed by atoms with Crippen LogP contribution in [-0.4, -0.2) is 47.9 Å². The highest BCUT2D eigenvalue weighted by Crippen LogP contribution is 2.24. The molecule has 3 rings (SSSR count). The number of hydrogen-bond acceptors (Lipinski definition) is 4. The monoisotopic (exact) mass is 354 g/mol. The number of nitrogens with zero attached hydrogens (tertiary/aromatic N) is 2. The van der Waals surface area contributed by atoms with Gasteiger partial charge in [0, 0.05) is 31.6 Å². The van der Waals surface area contributed by atoms with E-state index in [0.717, 1.165) is 25.0 Å². The number of nitrogens with one attached hydrogen (secondary N) is 2. The van der Waals surface area contributed by atoms with Crippen LogP contribution in [0.2, 0.25) is 0 Å². The molecule has 2 amide bonds. The fraction of sp³-hybridized carbons (Fsp3) is 0.450. The van der Waals surface area contributed by atoms with Crippen molar-refractivity contribution in [3.63, 3.8) is 0 Å². The van der Waals surface area contributed by atoms with Crippen LogP contribution < -0.4 is 10.6 Å². The number of fused-ring (bicyclic) bond motifs is 1. The lowest BCUT2D eigenvalue weighted by molar-refractivity contribution is -0.114. The Hall–Kier alpha value is -2.47. The second kappa shape index (κ2) is 8.76. The summed E-state index contributed by atoms with van der Waals surface area (Å²) in [4.78, 5) is 30.8. The quantitative estimate of drug-likeness (QED) is 0.866. The van der Waals surface area contributed by atoms with Gasteiger partial charge in [-0.3, -0.25) is 14.6 Å². The van der Waals surface area contributed by atoms with Crippen molar-refractivity contribution in [2.24, 2.45) is 0 Å². The third-order valence-corrected chi connectivity index (χ3v) is 4.74. The zero-order valence-electron chi connectivity index (χ0n) is 15.3. The van der Waals surface area contributed by atoms with Crippen LogP contribution in [0, 0.1) is 0 Å². The molecule has 0 atom stereocenters. The van der Waals surface area contributed by atoms with Gasteiger partial charge in [-0.2, -0.15) is 0 Å². The first-order valence-electron chi connectivity index (χ1n) is 9.31. The zero-order chi connectivity index (χ0) is 18.4. The number of para-hydroxylation sites is 1. The summed E-state index contributed by atoms with van der Waals surface area (Å²) in [5.74, 6) is -0.265. The minimum Gasteiger partial charge on any atom is -0.351 e. The Bertz CT molecular complexity index is 782. The molecule has 0 aliphatic carbocycles. The van der Waals surface area contributed by atoms with E-state index in [9.17, 15) is 9.59 Å². The normalized spacial score (nSPS) is 15.4. The van der Waals surface area contributed by atoms with E-state index < -0.39 is 0 Å². The third kappa shape index (κ3) is 4.58. The molecular weight excluding hydrogens is 328 g/mol. The van der Waals surface area contributed by atoms with Crippen molar-refractivity contribution < 1.29 is 9.59 Å². The maximum Gasteiger partial charge on any atom is 0.252 e. The minimum atomic E-state index is -0.161. The van der Waals surface area contributed by atoms with Crippen molar-refractivity contribution in [1.29, 1.82) is 0 Å². The molecule has 1 aliphatic heterocycles. The Kier molecular flexibility index (Phi) is 6.17. The highest BCUT2D eigenvalue weighted by molar-refractivity contribution is 6.10. The molecule has 0 bridgehead atoms. The van der Waals surface area contributed by atoms with Gasteiger partial charge in [-0.15, -0.1) is 0 Å². The van der Waals surface area contributed by atoms with Crippen LogP contribution in [0.1, 0.15) is 43.0 Å². The van der Waals surface area contributed by atoms with Gasteiger partial charge in [0.2, 0.25) is 5.91 Å². The van der Waals surface area contributed by atoms with Gasteiger partial charge in [0.15, 0.2) is 0 Å². The molecule has 0 spiro atoms. The molecule has 2 heterocycles. The maximum absolute atomic E-state index is 12.7. The summed E-state index contributed by atoms with van der Waals surface area (Å²) >= 11 is 0. The number of carbonyl (C=O) groups excluding carboxylic acids is 2. The number of benzene rings is 1. The standard InChI is InChI=1S/C20H26N4O2/c1-15(25)23-18-8-6-7-16-17(9-10-21-19(16)18)20(26)22-11-14-24-12-4-2-3-5-13-24/h6-10H,2-5,11-14H2,1H3,(H,22,26)(H,23,25). The molecule has 0 radical (unpaired) electrons. The number of pyridine rings is 1. The Morgan fingerprint density at radius 1 is 1.12 bits per heavy atom. The van der Waals surface area contributed by atoms with E-state index in [-0.39, 0.29) is 11.8 Å². The molecule has 6 heteroatoms. The molecule has 0 unspecified atom stereocenters. The number of aromatic nitrogens is 1. The second-order valence-corrected chi connectivity index (χ2v) is 6.75. The summed E-state index contributed by atoms with van der Waals surface area (Å²) < 4.78 is 0. The van der Waals surface area contributed by atoms with Crippen LogP contribution in [0.3, 0.4) is 0 Å². The fourth-order valence-corrected chi connectivity index (χ4v) is 3.45. The van der Waals surface area contributed by atoms with Crippen molar-refractivity contribution in [3.8, 4) is 0 Å². The minimum absolute atomic E-state index is 0.104. The summed E-state index contributed by atoms with van der Waals surface area (Å²) in [5.41, 5.74) is 1.83. The molecule has 2 N–H and O–H groups in total. The number of likely N-dealkylation sites (tertiary alicyclic amines) is 1. The number of hydrogen-bond donors (Lipinski definition) is 2. The molecule has 1 aliphatic rings. The lowest BCUT2D eigenvalue weighted by atomic mass is 10.1. The maximum atomic E-state index is 12.7. The van der Waals surface area contributed by atoms with E-state index in [2.05, 4.69) is 20.5 Å². The lowest BCUT2D eigenvalue weighted by Gasteiger charge is -2.19. The Balaban J connectivity index is 1.69. The van der Waals surface area contributed by atoms with Crippen molar-refractivity contribution in [2.75, 3.05) is 31.5 Å². The van der Waals surface area contributed by atoms with Crippen molar-refractivity contribution in [1.82, 2.24) is 15.2 Å². The van der Waals surface area contributed by atoms with E-state index in [4.69, 9.17) is 0 Å². The SMILES string of the molecule is CC(=O)Nc1cccc2c(C(=O)NCCN3CCCCCC3)ccnc12. The fourth-order valence-electron chi connectivity index (χ4n) is 3.45. The summed E-state index contributed by atoms with van der Waals surface area (Å²) in [7, 11) is 0. The second-order valence-electron chi connectivity index (χ2n) is 6.75. The van der Waals surface area contributed by atoms with Gasteiger partial charge in [0.25, 0.3) is 5.91 Å². The van der Waals surface area contributed by atoms with Crippen LogP contribution in [0.4, 0.5) is 5.69 Å². The summed E-state index contributed by atoms with van der Waals surface area (Å²) in [6.07, 6.45) is 6.71. The van der Waals surface area contributed by atoms with E-state index in [1.54, 1.807) is 18.3 Å². The predicted molar refractivity (Wildman–Crippen MR) is 103 cm³/mol. The van der Waals surface area contributed by atoms with Gasteiger partial charge < -0.3 is 15.5 Å². The molecule has 1 fully saturated rings. The first-order chi connectivity index (χ1) is 12.6. The average Bonchev–Trinajstić information content (AvgIpc) is 2.90. The van der Waals surface area contributed by atoms with E-state index in [1.807, 2.05) is 12.1 Å². The largest absolute Gasteiger partial charge is 0.351 e. The molecule has 1 aromatic heterocycles. The number of carbonyl (C=O) groups is 2. The number of anilines is 1. The topological polar surface area (TPSA) is 74.3 Å². The van der Waals surface area contributed by atoms with Crippen LogP contribution in [0.25, 0.3) is 10.9 Å². The first kappa shape index (κ1) is 18.3. The van der Waals surface area contributed by atoms with E-state index >= 15 is 0 Å². The molecule has 6 nitrogen and oxygen atoms in total. The highest BCUT2D eigenvalue weighted by Gasteiger charge is 2.14. The molecule has 26 heavy (non-hydrogen) atoms. The van der Waals surface area contributed by atoms with Gasteiger partial charge >= 0.3 is 0 Å². The third-order valence-electron chi connectivity index (χ3n) is 4.74. The molecule has 1 aromatic carbocycles. The average molecular weight is 354 g/mol. The molecule has 2 aromatic rings. The Morgan fingerprint density at radius 3 is 2.62 bits per heavy atom. The molecule has 0 saturated carbocycles. The lowest BCUT2D eigenvalue weighted by Crippen LogP contribution is -2.35. The Labute approximate surface area is 154 Å². The highest BCUT2D eigenvalue weighted by atomic mass is 16.2. The van der Waals surface area contributed by atoms with Crippen molar-refractivity contribution in [2.45, 2.75) is 32.6 Å². The van der Waals surface area contributed by atoms with Crippen LogP contribution >= 0.6 is 0 Å². The summed E-state index contributed by atoms with van der Waals surface area (Å²) in [5, 5.41) is 6.53. The van der Waals surface area contributed by atoms with Crippen molar-refractivity contribution in [3.05, 3.63) is 36.0 Å². The van der Waals surface area contributed by atoms with Gasteiger partial charge in [0.05, 0.1) is 16.8 Å². The first-order valence-corrected chi connectivity index (χ1v) is 9.31. The van der Waals surface area contributed by atoms with Gasteiger partial charge in [-0.1, -0.05) is 25.0 Å². The number of amides is 2. The predicted octanol–water partition coefficient (Wildman–Crippen LogP) is 2.80. The number of rotatable bonds is 5. The van der Waals surface area contributed by atoms with Crippen molar-refractivity contribution >= 4 is 28.4 Å². The Morgan fingerprint density at radius 2 is 1.88 bits per heavy atom. The molecule has 1 saturated heterocycles. The van der Waals surface area contributed by atoms with E-state index in [0.29, 0.717) is 23.3 Å². The van der Waals surface area contributed by atoms with Gasteiger partial charge in [0.1, 0.15) is 0 Å².